The second-order valence-electron chi connectivity index (χ2n) is 4.84. The molecule has 0 aliphatic rings. The van der Waals surface area contributed by atoms with Crippen molar-refractivity contribution in [1.82, 2.24) is 9.97 Å². The number of benzene rings is 1. The minimum absolute atomic E-state index is 0.201. The molecule has 1 aromatic carbocycles. The highest BCUT2D eigenvalue weighted by Gasteiger charge is 2.15. The lowest BCUT2D eigenvalue weighted by atomic mass is 10.2. The number of hydrazine groups is 1. The number of halogens is 2. The topological polar surface area (TPSA) is 63.8 Å². The molecule has 4 nitrogen and oxygen atoms in total. The van der Waals surface area contributed by atoms with Crippen LogP contribution in [0.1, 0.15) is 31.2 Å². The van der Waals surface area contributed by atoms with E-state index in [1.54, 1.807) is 12.1 Å². The SMILES string of the molecule is Cc1c(NN)nc(C(C)C)nc1Sc1cc(Cl)ccc1Cl. The molecule has 0 aliphatic heterocycles. The Labute approximate surface area is 138 Å². The Hall–Kier alpha value is -1.01. The van der Waals surface area contributed by atoms with E-state index < -0.39 is 0 Å². The smallest absolute Gasteiger partial charge is 0.147 e. The number of anilines is 1. The average molecular weight is 343 g/mol. The van der Waals surface area contributed by atoms with E-state index in [1.807, 2.05) is 26.8 Å². The Morgan fingerprint density at radius 2 is 1.95 bits per heavy atom. The number of nitrogens with two attached hydrogens (primary N) is 1. The van der Waals surface area contributed by atoms with Crippen LogP contribution in [0.25, 0.3) is 0 Å². The highest BCUT2D eigenvalue weighted by atomic mass is 35.5. The van der Waals surface area contributed by atoms with Gasteiger partial charge in [0, 0.05) is 21.4 Å². The fraction of sp³-hybridized carbons (Fsp3) is 0.286. The number of nitrogen functional groups attached to an aromatic ring is 1. The molecule has 0 fully saturated rings. The molecule has 0 amide bonds. The molecule has 2 rings (SSSR count). The zero-order chi connectivity index (χ0) is 15.6. The lowest BCUT2D eigenvalue weighted by Crippen LogP contribution is -2.13. The quantitative estimate of drug-likeness (QED) is 0.480. The van der Waals surface area contributed by atoms with Crippen LogP contribution in [-0.4, -0.2) is 9.97 Å². The third kappa shape index (κ3) is 3.80. The highest BCUT2D eigenvalue weighted by molar-refractivity contribution is 7.99. The Bertz CT molecular complexity index is 662. The fourth-order valence-electron chi connectivity index (χ4n) is 1.67. The van der Waals surface area contributed by atoms with Crippen LogP contribution in [0.5, 0.6) is 0 Å². The van der Waals surface area contributed by atoms with Gasteiger partial charge in [-0.15, -0.1) is 0 Å². The van der Waals surface area contributed by atoms with Crippen LogP contribution in [0, 0.1) is 6.92 Å². The van der Waals surface area contributed by atoms with Gasteiger partial charge >= 0.3 is 0 Å². The highest BCUT2D eigenvalue weighted by Crippen LogP contribution is 2.37. The van der Waals surface area contributed by atoms with Crippen LogP contribution in [-0.2, 0) is 0 Å². The van der Waals surface area contributed by atoms with Crippen LogP contribution in [0.15, 0.2) is 28.1 Å². The van der Waals surface area contributed by atoms with Gasteiger partial charge in [-0.2, -0.15) is 0 Å². The number of hydrogen-bond donors (Lipinski definition) is 2. The Kier molecular flexibility index (Phi) is 5.32. The molecular formula is C14H16Cl2N4S. The molecule has 7 heteroatoms. The molecule has 21 heavy (non-hydrogen) atoms. The van der Waals surface area contributed by atoms with E-state index in [0.29, 0.717) is 15.9 Å². The standard InChI is InChI=1S/C14H16Cl2N4S/c1-7(2)12-18-13(20-17)8(3)14(19-12)21-11-6-9(15)4-5-10(11)16/h4-7H,17H2,1-3H3,(H,18,19,20). The minimum Gasteiger partial charge on any atom is -0.308 e. The van der Waals surface area contributed by atoms with Gasteiger partial charge in [0.1, 0.15) is 16.7 Å². The van der Waals surface area contributed by atoms with Crippen LogP contribution < -0.4 is 11.3 Å². The fourth-order valence-corrected chi connectivity index (χ4v) is 3.09. The minimum atomic E-state index is 0.201. The predicted molar refractivity (Wildman–Crippen MR) is 89.3 cm³/mol. The van der Waals surface area contributed by atoms with Crippen molar-refractivity contribution in [2.45, 2.75) is 36.6 Å². The summed E-state index contributed by atoms with van der Waals surface area (Å²) in [5.41, 5.74) is 3.50. The molecule has 0 radical (unpaired) electrons. The molecule has 0 saturated carbocycles. The van der Waals surface area contributed by atoms with E-state index in [0.717, 1.165) is 21.3 Å². The van der Waals surface area contributed by atoms with E-state index in [9.17, 15) is 0 Å². The monoisotopic (exact) mass is 342 g/mol. The molecule has 0 saturated heterocycles. The molecule has 0 bridgehead atoms. The summed E-state index contributed by atoms with van der Waals surface area (Å²) in [4.78, 5) is 9.86. The lowest BCUT2D eigenvalue weighted by molar-refractivity contribution is 0.749. The number of nitrogens with zero attached hydrogens (tertiary/aromatic N) is 2. The molecular weight excluding hydrogens is 327 g/mol. The van der Waals surface area contributed by atoms with Gasteiger partial charge in [-0.05, 0) is 25.1 Å². The molecule has 0 unspecified atom stereocenters. The van der Waals surface area contributed by atoms with Crippen molar-refractivity contribution >= 4 is 40.8 Å². The number of aromatic nitrogens is 2. The van der Waals surface area contributed by atoms with Crippen molar-refractivity contribution in [2.75, 3.05) is 5.43 Å². The molecule has 1 aromatic heterocycles. The summed E-state index contributed by atoms with van der Waals surface area (Å²) in [5.74, 6) is 7.09. The van der Waals surface area contributed by atoms with Gasteiger partial charge in [0.15, 0.2) is 0 Å². The van der Waals surface area contributed by atoms with Crippen LogP contribution in [0.2, 0.25) is 10.0 Å². The molecule has 0 atom stereocenters. The van der Waals surface area contributed by atoms with E-state index in [4.69, 9.17) is 29.0 Å². The lowest BCUT2D eigenvalue weighted by Gasteiger charge is -2.13. The Balaban J connectivity index is 2.47. The second-order valence-corrected chi connectivity index (χ2v) is 6.71. The molecule has 3 N–H and O–H groups in total. The van der Waals surface area contributed by atoms with E-state index in [1.165, 1.54) is 11.8 Å². The Morgan fingerprint density at radius 1 is 1.24 bits per heavy atom. The summed E-state index contributed by atoms with van der Waals surface area (Å²) in [6.45, 7) is 5.98. The van der Waals surface area contributed by atoms with Crippen molar-refractivity contribution in [3.63, 3.8) is 0 Å². The van der Waals surface area contributed by atoms with Crippen molar-refractivity contribution in [1.29, 1.82) is 0 Å². The van der Waals surface area contributed by atoms with Crippen molar-refractivity contribution in [3.05, 3.63) is 39.6 Å². The summed E-state index contributed by atoms with van der Waals surface area (Å²) in [6.07, 6.45) is 0. The van der Waals surface area contributed by atoms with E-state index >= 15 is 0 Å². The van der Waals surface area contributed by atoms with Crippen molar-refractivity contribution in [3.8, 4) is 0 Å². The van der Waals surface area contributed by atoms with Crippen LogP contribution in [0.3, 0.4) is 0 Å². The van der Waals surface area contributed by atoms with Crippen molar-refractivity contribution < 1.29 is 0 Å². The first-order chi connectivity index (χ1) is 9.92. The summed E-state index contributed by atoms with van der Waals surface area (Å²) in [7, 11) is 0. The second kappa shape index (κ2) is 6.83. The van der Waals surface area contributed by atoms with Crippen molar-refractivity contribution in [2.24, 2.45) is 5.84 Å². The molecule has 0 spiro atoms. The third-order valence-electron chi connectivity index (χ3n) is 2.87. The van der Waals surface area contributed by atoms with Gasteiger partial charge in [0.2, 0.25) is 0 Å². The number of hydrogen-bond acceptors (Lipinski definition) is 5. The maximum Gasteiger partial charge on any atom is 0.147 e. The number of nitrogens with one attached hydrogen (secondary N) is 1. The van der Waals surface area contributed by atoms with Gasteiger partial charge in [-0.1, -0.05) is 48.8 Å². The van der Waals surface area contributed by atoms with Gasteiger partial charge < -0.3 is 5.43 Å². The predicted octanol–water partition coefficient (Wildman–Crippen LogP) is 4.65. The van der Waals surface area contributed by atoms with Gasteiger partial charge in [-0.25, -0.2) is 15.8 Å². The molecule has 112 valence electrons. The summed E-state index contributed by atoms with van der Waals surface area (Å²) < 4.78 is 0. The Morgan fingerprint density at radius 3 is 2.57 bits per heavy atom. The summed E-state index contributed by atoms with van der Waals surface area (Å²) in [6, 6.07) is 5.35. The zero-order valence-corrected chi connectivity index (χ0v) is 14.3. The van der Waals surface area contributed by atoms with Crippen LogP contribution in [0.4, 0.5) is 5.82 Å². The maximum absolute atomic E-state index is 6.21. The van der Waals surface area contributed by atoms with E-state index in [2.05, 4.69) is 15.4 Å². The van der Waals surface area contributed by atoms with Crippen LogP contribution >= 0.6 is 35.0 Å². The summed E-state index contributed by atoms with van der Waals surface area (Å²) >= 11 is 13.7. The molecule has 1 heterocycles. The average Bonchev–Trinajstić information content (AvgIpc) is 2.44. The first kappa shape index (κ1) is 16.4. The molecule has 0 aliphatic carbocycles. The van der Waals surface area contributed by atoms with Gasteiger partial charge in [0.05, 0.1) is 5.02 Å². The zero-order valence-electron chi connectivity index (χ0n) is 11.9. The first-order valence-electron chi connectivity index (χ1n) is 6.40. The number of rotatable bonds is 4. The van der Waals surface area contributed by atoms with Gasteiger partial charge in [-0.3, -0.25) is 0 Å². The largest absolute Gasteiger partial charge is 0.308 e. The summed E-state index contributed by atoms with van der Waals surface area (Å²) in [5, 5.41) is 2.08. The third-order valence-corrected chi connectivity index (χ3v) is 4.70. The van der Waals surface area contributed by atoms with Gasteiger partial charge in [0.25, 0.3) is 0 Å². The maximum atomic E-state index is 6.21. The molecule has 2 aromatic rings. The normalized spacial score (nSPS) is 11.0. The van der Waals surface area contributed by atoms with E-state index in [-0.39, 0.29) is 5.92 Å². The first-order valence-corrected chi connectivity index (χ1v) is 7.97.